The number of aromatic nitrogens is 1. The summed E-state index contributed by atoms with van der Waals surface area (Å²) in [5, 5.41) is 1.57. The van der Waals surface area contributed by atoms with Crippen LogP contribution in [0.5, 0.6) is 0 Å². The Morgan fingerprint density at radius 2 is 1.93 bits per heavy atom. The number of hydrogen-bond donors (Lipinski definition) is 0. The Labute approximate surface area is 93.5 Å². The molecule has 0 atom stereocenters. The van der Waals surface area contributed by atoms with Crippen molar-refractivity contribution in [2.24, 2.45) is 0 Å². The Bertz CT molecular complexity index is 331. The quantitative estimate of drug-likeness (QED) is 0.766. The summed E-state index contributed by atoms with van der Waals surface area (Å²) in [6.07, 6.45) is -4.32. The summed E-state index contributed by atoms with van der Waals surface area (Å²) in [6.45, 7) is 1.57. The topological polar surface area (TPSA) is 16.1 Å². The third-order valence-electron chi connectivity index (χ3n) is 2.06. The third kappa shape index (κ3) is 2.57. The minimum atomic E-state index is -4.32. The van der Waals surface area contributed by atoms with Crippen LogP contribution in [0.3, 0.4) is 0 Å². The molecule has 0 N–H and O–H groups in total. The van der Waals surface area contributed by atoms with Crippen molar-refractivity contribution in [3.63, 3.8) is 0 Å². The first kappa shape index (κ1) is 11.1. The number of hydrogen-bond acceptors (Lipinski definition) is 4. The molecule has 2 heterocycles. The molecule has 0 spiro atoms. The Hall–Kier alpha value is -0.430. The van der Waals surface area contributed by atoms with Crippen molar-refractivity contribution in [3.05, 3.63) is 11.1 Å². The molecule has 0 saturated carbocycles. The molecule has 2 nitrogen and oxygen atoms in total. The average Bonchev–Trinajstić information content (AvgIpc) is 2.67. The number of anilines is 1. The fourth-order valence-electron chi connectivity index (χ4n) is 1.29. The maximum Gasteiger partial charge on any atom is 0.434 e. The van der Waals surface area contributed by atoms with Gasteiger partial charge in [-0.25, -0.2) is 4.98 Å². The van der Waals surface area contributed by atoms with Gasteiger partial charge in [0.05, 0.1) is 0 Å². The van der Waals surface area contributed by atoms with E-state index in [0.29, 0.717) is 5.13 Å². The molecule has 1 saturated heterocycles. The Morgan fingerprint density at radius 3 is 2.47 bits per heavy atom. The molecule has 1 aromatic heterocycles. The van der Waals surface area contributed by atoms with E-state index in [4.69, 9.17) is 0 Å². The summed E-state index contributed by atoms with van der Waals surface area (Å²) in [7, 11) is 0. The highest BCUT2D eigenvalue weighted by Gasteiger charge is 2.34. The molecule has 84 valence electrons. The second kappa shape index (κ2) is 4.21. The van der Waals surface area contributed by atoms with Gasteiger partial charge in [0.25, 0.3) is 0 Å². The molecule has 15 heavy (non-hydrogen) atoms. The van der Waals surface area contributed by atoms with E-state index in [9.17, 15) is 13.2 Å². The zero-order chi connectivity index (χ0) is 10.9. The smallest absolute Gasteiger partial charge is 0.346 e. The third-order valence-corrected chi connectivity index (χ3v) is 3.91. The Kier molecular flexibility index (Phi) is 3.11. The monoisotopic (exact) mass is 254 g/mol. The number of halogens is 3. The van der Waals surface area contributed by atoms with Crippen molar-refractivity contribution >= 4 is 28.2 Å². The lowest BCUT2D eigenvalue weighted by molar-refractivity contribution is -0.140. The molecule has 0 bridgehead atoms. The predicted octanol–water partition coefficient (Wildman–Crippen LogP) is 2.72. The summed E-state index contributed by atoms with van der Waals surface area (Å²) < 4.78 is 36.9. The van der Waals surface area contributed by atoms with Crippen LogP contribution >= 0.6 is 23.1 Å². The average molecular weight is 254 g/mol. The van der Waals surface area contributed by atoms with E-state index in [-0.39, 0.29) is 0 Å². The van der Waals surface area contributed by atoms with Gasteiger partial charge in [0.2, 0.25) is 0 Å². The Balaban J connectivity index is 2.12. The van der Waals surface area contributed by atoms with E-state index >= 15 is 0 Å². The highest BCUT2D eigenvalue weighted by Crippen LogP contribution is 2.33. The zero-order valence-corrected chi connectivity index (χ0v) is 9.38. The van der Waals surface area contributed by atoms with Gasteiger partial charge in [0, 0.05) is 30.0 Å². The van der Waals surface area contributed by atoms with Gasteiger partial charge >= 0.3 is 6.18 Å². The lowest BCUT2D eigenvalue weighted by Gasteiger charge is -2.25. The normalized spacial score (nSPS) is 18.2. The molecular weight excluding hydrogens is 245 g/mol. The fraction of sp³-hybridized carbons (Fsp3) is 0.625. The number of rotatable bonds is 1. The van der Waals surface area contributed by atoms with Gasteiger partial charge in [-0.15, -0.1) is 11.3 Å². The van der Waals surface area contributed by atoms with Crippen molar-refractivity contribution in [3.8, 4) is 0 Å². The second-order valence-electron chi connectivity index (χ2n) is 3.11. The van der Waals surface area contributed by atoms with Crippen molar-refractivity contribution in [2.75, 3.05) is 29.5 Å². The van der Waals surface area contributed by atoms with Gasteiger partial charge in [0.1, 0.15) is 0 Å². The maximum atomic E-state index is 12.3. The maximum absolute atomic E-state index is 12.3. The molecule has 1 aliphatic heterocycles. The molecule has 0 aliphatic carbocycles. The standard InChI is InChI=1S/C8H9F3N2S2/c9-8(10,11)6-5-15-7(12-6)13-1-3-14-4-2-13/h5H,1-4H2. The molecule has 0 aromatic carbocycles. The molecule has 1 fully saturated rings. The molecule has 7 heteroatoms. The molecule has 1 aliphatic rings. The van der Waals surface area contributed by atoms with E-state index in [0.717, 1.165) is 41.3 Å². The van der Waals surface area contributed by atoms with Crippen molar-refractivity contribution in [2.45, 2.75) is 6.18 Å². The van der Waals surface area contributed by atoms with Gasteiger partial charge in [0.15, 0.2) is 10.8 Å². The van der Waals surface area contributed by atoms with Crippen LogP contribution in [0.2, 0.25) is 0 Å². The predicted molar refractivity (Wildman–Crippen MR) is 56.7 cm³/mol. The van der Waals surface area contributed by atoms with Crippen LogP contribution in [0, 0.1) is 0 Å². The number of nitrogens with zero attached hydrogens (tertiary/aromatic N) is 2. The van der Waals surface area contributed by atoms with Crippen molar-refractivity contribution in [1.82, 2.24) is 4.98 Å². The summed E-state index contributed by atoms with van der Waals surface area (Å²) in [6, 6.07) is 0. The van der Waals surface area contributed by atoms with Crippen LogP contribution in [0.4, 0.5) is 18.3 Å². The summed E-state index contributed by atoms with van der Waals surface area (Å²) in [5.74, 6) is 1.92. The van der Waals surface area contributed by atoms with Gasteiger partial charge < -0.3 is 4.90 Å². The molecular formula is C8H9F3N2S2. The zero-order valence-electron chi connectivity index (χ0n) is 7.75. The van der Waals surface area contributed by atoms with E-state index < -0.39 is 11.9 Å². The second-order valence-corrected chi connectivity index (χ2v) is 5.17. The SMILES string of the molecule is FC(F)(F)c1csc(N2CCSCC2)n1. The van der Waals surface area contributed by atoms with Crippen LogP contribution in [-0.4, -0.2) is 29.6 Å². The van der Waals surface area contributed by atoms with Gasteiger partial charge in [-0.05, 0) is 0 Å². The number of thioether (sulfide) groups is 1. The summed E-state index contributed by atoms with van der Waals surface area (Å²) in [4.78, 5) is 5.53. The minimum absolute atomic E-state index is 0.489. The molecule has 0 unspecified atom stereocenters. The van der Waals surface area contributed by atoms with Gasteiger partial charge in [-0.3, -0.25) is 0 Å². The molecule has 0 amide bonds. The van der Waals surface area contributed by atoms with E-state index in [1.165, 1.54) is 0 Å². The fourth-order valence-corrected chi connectivity index (χ4v) is 3.08. The molecule has 0 radical (unpaired) electrons. The van der Waals surface area contributed by atoms with Crippen LogP contribution in [0.1, 0.15) is 5.69 Å². The van der Waals surface area contributed by atoms with E-state index in [1.54, 1.807) is 0 Å². The largest absolute Gasteiger partial charge is 0.434 e. The van der Waals surface area contributed by atoms with Crippen LogP contribution in [0.15, 0.2) is 5.38 Å². The first-order valence-electron chi connectivity index (χ1n) is 4.43. The first-order chi connectivity index (χ1) is 7.07. The number of thiazole rings is 1. The highest BCUT2D eigenvalue weighted by molar-refractivity contribution is 7.99. The highest BCUT2D eigenvalue weighted by atomic mass is 32.2. The van der Waals surface area contributed by atoms with Crippen molar-refractivity contribution in [1.29, 1.82) is 0 Å². The lowest BCUT2D eigenvalue weighted by atomic mass is 10.5. The van der Waals surface area contributed by atoms with Gasteiger partial charge in [-0.1, -0.05) is 0 Å². The summed E-state index contributed by atoms with van der Waals surface area (Å²) in [5.41, 5.74) is -0.777. The lowest BCUT2D eigenvalue weighted by Crippen LogP contribution is -2.32. The van der Waals surface area contributed by atoms with E-state index in [1.807, 2.05) is 16.7 Å². The number of alkyl halides is 3. The van der Waals surface area contributed by atoms with Crippen LogP contribution in [0.25, 0.3) is 0 Å². The first-order valence-corrected chi connectivity index (χ1v) is 6.46. The van der Waals surface area contributed by atoms with E-state index in [2.05, 4.69) is 4.98 Å². The van der Waals surface area contributed by atoms with Gasteiger partial charge in [-0.2, -0.15) is 24.9 Å². The Morgan fingerprint density at radius 1 is 1.27 bits per heavy atom. The van der Waals surface area contributed by atoms with Crippen molar-refractivity contribution < 1.29 is 13.2 Å². The van der Waals surface area contributed by atoms with Crippen LogP contribution in [-0.2, 0) is 6.18 Å². The summed E-state index contributed by atoms with van der Waals surface area (Å²) >= 11 is 2.89. The molecule has 2 rings (SSSR count). The van der Waals surface area contributed by atoms with Crippen LogP contribution < -0.4 is 4.90 Å². The minimum Gasteiger partial charge on any atom is -0.346 e. The molecule has 1 aromatic rings.